The Hall–Kier alpha value is -2.30. The fraction of sp³-hybridized carbons (Fsp3) is 0.312. The zero-order valence-corrected chi connectivity index (χ0v) is 12.5. The lowest BCUT2D eigenvalue weighted by atomic mass is 9.99. The summed E-state index contributed by atoms with van der Waals surface area (Å²) in [6.07, 6.45) is 0.773. The number of halogens is 1. The van der Waals surface area contributed by atoms with E-state index < -0.39 is 0 Å². The summed E-state index contributed by atoms with van der Waals surface area (Å²) in [6, 6.07) is 3.53. The molecule has 4 nitrogen and oxygen atoms in total. The van der Waals surface area contributed by atoms with Crippen LogP contribution < -0.4 is 0 Å². The van der Waals surface area contributed by atoms with Gasteiger partial charge >= 0.3 is 0 Å². The van der Waals surface area contributed by atoms with Crippen molar-refractivity contribution in [3.8, 4) is 11.5 Å². The fourth-order valence-electron chi connectivity index (χ4n) is 2.60. The Morgan fingerprint density at radius 2 is 1.90 bits per heavy atom. The summed E-state index contributed by atoms with van der Waals surface area (Å²) in [6.45, 7) is 7.53. The van der Waals surface area contributed by atoms with Gasteiger partial charge in [0.15, 0.2) is 5.82 Å². The molecular weight excluding hydrogens is 269 g/mol. The molecule has 0 N–H and O–H groups in total. The second kappa shape index (κ2) is 4.91. The molecule has 2 heterocycles. The molecular formula is C16H16FN3O. The Bertz CT molecular complexity index is 839. The van der Waals surface area contributed by atoms with Gasteiger partial charge in [-0.05, 0) is 50.5 Å². The molecule has 0 aliphatic carbocycles. The number of fused-ring (bicyclic) bond motifs is 1. The monoisotopic (exact) mass is 285 g/mol. The molecule has 2 aromatic heterocycles. The number of rotatable bonds is 2. The molecule has 21 heavy (non-hydrogen) atoms. The molecule has 0 fully saturated rings. The lowest BCUT2D eigenvalue weighted by molar-refractivity contribution is 0.425. The van der Waals surface area contributed by atoms with E-state index in [2.05, 4.69) is 15.1 Å². The summed E-state index contributed by atoms with van der Waals surface area (Å²) < 4.78 is 19.5. The van der Waals surface area contributed by atoms with Crippen LogP contribution in [0.3, 0.4) is 0 Å². The first-order valence-electron chi connectivity index (χ1n) is 6.91. The molecule has 0 radical (unpaired) electrons. The topological polar surface area (TPSA) is 51.8 Å². The van der Waals surface area contributed by atoms with Crippen LogP contribution >= 0.6 is 0 Å². The smallest absolute Gasteiger partial charge is 0.260 e. The van der Waals surface area contributed by atoms with Crippen LogP contribution in [0.25, 0.3) is 22.4 Å². The number of aromatic nitrogens is 3. The van der Waals surface area contributed by atoms with Crippen LogP contribution in [0, 0.1) is 26.6 Å². The molecule has 5 heteroatoms. The van der Waals surface area contributed by atoms with Crippen LogP contribution in [0.15, 0.2) is 16.7 Å². The van der Waals surface area contributed by atoms with E-state index in [1.54, 1.807) is 13.0 Å². The summed E-state index contributed by atoms with van der Waals surface area (Å²) in [5.74, 6) is 0.709. The number of pyridine rings is 1. The van der Waals surface area contributed by atoms with E-state index in [1.165, 1.54) is 0 Å². The van der Waals surface area contributed by atoms with Crippen molar-refractivity contribution in [1.82, 2.24) is 15.1 Å². The maximum absolute atomic E-state index is 14.2. The highest BCUT2D eigenvalue weighted by atomic mass is 19.1. The van der Waals surface area contributed by atoms with Gasteiger partial charge in [-0.3, -0.25) is 0 Å². The molecule has 0 spiro atoms. The standard InChI is InChI=1S/C16H16FN3O/c1-5-11-6-12-8(2)14(16-19-10(4)20-21-16)9(3)18-15(12)13(17)7-11/h6-7H,5H2,1-4H3. The summed E-state index contributed by atoms with van der Waals surface area (Å²) in [5.41, 5.74) is 3.72. The van der Waals surface area contributed by atoms with Crippen molar-refractivity contribution in [2.75, 3.05) is 0 Å². The molecule has 0 aliphatic heterocycles. The Morgan fingerprint density at radius 1 is 1.14 bits per heavy atom. The Labute approximate surface area is 122 Å². The van der Waals surface area contributed by atoms with Gasteiger partial charge in [-0.25, -0.2) is 9.37 Å². The van der Waals surface area contributed by atoms with Gasteiger partial charge in [0, 0.05) is 5.39 Å². The summed E-state index contributed by atoms with van der Waals surface area (Å²) in [5, 5.41) is 4.61. The van der Waals surface area contributed by atoms with Gasteiger partial charge in [-0.2, -0.15) is 4.98 Å². The predicted molar refractivity (Wildman–Crippen MR) is 78.6 cm³/mol. The van der Waals surface area contributed by atoms with Gasteiger partial charge in [-0.1, -0.05) is 12.1 Å². The lowest BCUT2D eigenvalue weighted by Crippen LogP contribution is -1.98. The van der Waals surface area contributed by atoms with E-state index in [4.69, 9.17) is 4.52 Å². The molecule has 0 saturated heterocycles. The number of nitrogens with zero attached hydrogens (tertiary/aromatic N) is 3. The highest BCUT2D eigenvalue weighted by molar-refractivity contribution is 5.89. The maximum Gasteiger partial charge on any atom is 0.260 e. The van der Waals surface area contributed by atoms with E-state index in [0.29, 0.717) is 22.9 Å². The van der Waals surface area contributed by atoms with Crippen LogP contribution in [0.5, 0.6) is 0 Å². The van der Waals surface area contributed by atoms with Crippen LogP contribution in [-0.2, 0) is 6.42 Å². The molecule has 108 valence electrons. The van der Waals surface area contributed by atoms with Crippen molar-refractivity contribution in [2.45, 2.75) is 34.1 Å². The predicted octanol–water partition coefficient (Wildman–Crippen LogP) is 3.91. The molecule has 0 atom stereocenters. The number of hydrogen-bond acceptors (Lipinski definition) is 4. The van der Waals surface area contributed by atoms with Gasteiger partial charge in [0.2, 0.25) is 0 Å². The van der Waals surface area contributed by atoms with Gasteiger partial charge < -0.3 is 4.52 Å². The third kappa shape index (κ3) is 2.18. The van der Waals surface area contributed by atoms with Crippen molar-refractivity contribution in [1.29, 1.82) is 0 Å². The molecule has 0 aliphatic rings. The molecule has 0 unspecified atom stereocenters. The van der Waals surface area contributed by atoms with E-state index in [1.807, 2.05) is 26.8 Å². The Morgan fingerprint density at radius 3 is 2.52 bits per heavy atom. The molecule has 0 amide bonds. The third-order valence-electron chi connectivity index (χ3n) is 3.69. The maximum atomic E-state index is 14.2. The average Bonchev–Trinajstić information content (AvgIpc) is 2.86. The van der Waals surface area contributed by atoms with E-state index in [-0.39, 0.29) is 5.82 Å². The molecule has 3 rings (SSSR count). The molecule has 3 aromatic rings. The first-order chi connectivity index (χ1) is 10.0. The molecule has 1 aromatic carbocycles. The first-order valence-corrected chi connectivity index (χ1v) is 6.91. The van der Waals surface area contributed by atoms with Gasteiger partial charge in [0.1, 0.15) is 11.3 Å². The van der Waals surface area contributed by atoms with E-state index in [0.717, 1.165) is 28.5 Å². The minimum Gasteiger partial charge on any atom is -0.334 e. The zero-order chi connectivity index (χ0) is 15.1. The highest BCUT2D eigenvalue weighted by Gasteiger charge is 2.18. The molecule has 0 bridgehead atoms. The van der Waals surface area contributed by atoms with E-state index >= 15 is 0 Å². The normalized spacial score (nSPS) is 11.3. The number of benzene rings is 1. The van der Waals surface area contributed by atoms with Crippen molar-refractivity contribution < 1.29 is 8.91 Å². The third-order valence-corrected chi connectivity index (χ3v) is 3.69. The zero-order valence-electron chi connectivity index (χ0n) is 12.5. The quantitative estimate of drug-likeness (QED) is 0.716. The minimum atomic E-state index is -0.288. The van der Waals surface area contributed by atoms with Crippen molar-refractivity contribution in [3.05, 3.63) is 40.6 Å². The first kappa shape index (κ1) is 13.7. The minimum absolute atomic E-state index is 0.288. The van der Waals surface area contributed by atoms with Gasteiger partial charge in [-0.15, -0.1) is 0 Å². The van der Waals surface area contributed by atoms with E-state index in [9.17, 15) is 4.39 Å². The second-order valence-corrected chi connectivity index (χ2v) is 5.17. The number of hydrogen-bond donors (Lipinski definition) is 0. The van der Waals surface area contributed by atoms with Gasteiger partial charge in [0.25, 0.3) is 5.89 Å². The largest absolute Gasteiger partial charge is 0.334 e. The van der Waals surface area contributed by atoms with Gasteiger partial charge in [0.05, 0.1) is 11.3 Å². The Kier molecular flexibility index (Phi) is 3.20. The van der Waals surface area contributed by atoms with Crippen molar-refractivity contribution >= 4 is 10.9 Å². The average molecular weight is 285 g/mol. The molecule has 0 saturated carbocycles. The summed E-state index contributed by atoms with van der Waals surface area (Å²) >= 11 is 0. The summed E-state index contributed by atoms with van der Waals surface area (Å²) in [7, 11) is 0. The fourth-order valence-corrected chi connectivity index (χ4v) is 2.60. The van der Waals surface area contributed by atoms with Crippen LogP contribution in [0.2, 0.25) is 0 Å². The van der Waals surface area contributed by atoms with Crippen molar-refractivity contribution in [2.24, 2.45) is 0 Å². The summed E-state index contributed by atoms with van der Waals surface area (Å²) in [4.78, 5) is 8.66. The second-order valence-electron chi connectivity index (χ2n) is 5.17. The SMILES string of the molecule is CCc1cc(F)c2nc(C)c(-c3nc(C)no3)c(C)c2c1. The highest BCUT2D eigenvalue weighted by Crippen LogP contribution is 2.32. The number of aryl methyl sites for hydroxylation is 4. The van der Waals surface area contributed by atoms with Crippen LogP contribution in [0.1, 0.15) is 29.6 Å². The van der Waals surface area contributed by atoms with Crippen molar-refractivity contribution in [3.63, 3.8) is 0 Å². The van der Waals surface area contributed by atoms with Crippen LogP contribution in [-0.4, -0.2) is 15.1 Å². The van der Waals surface area contributed by atoms with Crippen LogP contribution in [0.4, 0.5) is 4.39 Å². The Balaban J connectivity index is 2.37. The lowest BCUT2D eigenvalue weighted by Gasteiger charge is -2.11.